The first-order valence-electron chi connectivity index (χ1n) is 5.57. The summed E-state index contributed by atoms with van der Waals surface area (Å²) in [5.41, 5.74) is 2.24. The van der Waals surface area contributed by atoms with Crippen molar-refractivity contribution in [1.29, 1.82) is 0 Å². The van der Waals surface area contributed by atoms with Crippen molar-refractivity contribution < 1.29 is 4.79 Å². The highest BCUT2D eigenvalue weighted by molar-refractivity contribution is 6.00. The molecule has 1 atom stereocenters. The van der Waals surface area contributed by atoms with E-state index in [2.05, 4.69) is 23.5 Å². The molecule has 1 N–H and O–H groups in total. The third-order valence-corrected chi connectivity index (χ3v) is 3.26. The van der Waals surface area contributed by atoms with Crippen molar-refractivity contribution in [2.24, 2.45) is 5.92 Å². The molecule has 3 rings (SSSR count). The summed E-state index contributed by atoms with van der Waals surface area (Å²) < 4.78 is 0. The zero-order valence-corrected chi connectivity index (χ0v) is 9.16. The normalized spacial score (nSPS) is 19.3. The second-order valence-corrected chi connectivity index (χ2v) is 4.41. The summed E-state index contributed by atoms with van der Waals surface area (Å²) in [4.78, 5) is 11.6. The molecule has 0 bridgehead atoms. The molecule has 0 saturated heterocycles. The first-order valence-corrected chi connectivity index (χ1v) is 5.57. The van der Waals surface area contributed by atoms with Crippen molar-refractivity contribution in [2.45, 2.75) is 13.3 Å². The Labute approximate surface area is 94.3 Å². The third kappa shape index (κ3) is 1.30. The van der Waals surface area contributed by atoms with Gasteiger partial charge in [-0.15, -0.1) is 0 Å². The van der Waals surface area contributed by atoms with Crippen LogP contribution >= 0.6 is 0 Å². The van der Waals surface area contributed by atoms with Crippen LogP contribution in [0.5, 0.6) is 0 Å². The maximum atomic E-state index is 11.6. The van der Waals surface area contributed by atoms with Gasteiger partial charge in [-0.25, -0.2) is 0 Å². The van der Waals surface area contributed by atoms with E-state index in [9.17, 15) is 4.79 Å². The van der Waals surface area contributed by atoms with Crippen LogP contribution in [0.3, 0.4) is 0 Å². The maximum absolute atomic E-state index is 11.6. The number of fused-ring (bicyclic) bond motifs is 3. The van der Waals surface area contributed by atoms with E-state index in [-0.39, 0.29) is 11.8 Å². The number of nitrogens with one attached hydrogen (secondary N) is 1. The highest BCUT2D eigenvalue weighted by Gasteiger charge is 2.23. The van der Waals surface area contributed by atoms with Gasteiger partial charge in [0, 0.05) is 11.6 Å². The predicted molar refractivity (Wildman–Crippen MR) is 65.4 cm³/mol. The summed E-state index contributed by atoms with van der Waals surface area (Å²) in [6.45, 7) is 1.97. The lowest BCUT2D eigenvalue weighted by Gasteiger charge is -2.23. The van der Waals surface area contributed by atoms with Gasteiger partial charge in [-0.2, -0.15) is 0 Å². The molecule has 2 nitrogen and oxygen atoms in total. The Morgan fingerprint density at radius 2 is 2.00 bits per heavy atom. The highest BCUT2D eigenvalue weighted by Crippen LogP contribution is 2.31. The van der Waals surface area contributed by atoms with E-state index >= 15 is 0 Å². The minimum absolute atomic E-state index is 0.0679. The number of benzene rings is 2. The van der Waals surface area contributed by atoms with Crippen LogP contribution in [0.4, 0.5) is 5.69 Å². The largest absolute Gasteiger partial charge is 0.326 e. The lowest BCUT2D eigenvalue weighted by Crippen LogP contribution is -2.27. The Hall–Kier alpha value is -1.83. The molecule has 0 aliphatic carbocycles. The summed E-state index contributed by atoms with van der Waals surface area (Å²) in [5, 5.41) is 5.46. The molecular weight excluding hydrogens is 198 g/mol. The number of carbonyl (C=O) groups excluding carboxylic acids is 1. The Bertz CT molecular complexity index is 574. The van der Waals surface area contributed by atoms with Crippen molar-refractivity contribution in [3.8, 4) is 0 Å². The molecule has 0 fully saturated rings. The molecule has 2 aromatic carbocycles. The number of rotatable bonds is 0. The SMILES string of the molecule is C[C@@H]1Cc2c(ccc3ccccc23)NC1=O. The van der Waals surface area contributed by atoms with E-state index in [1.54, 1.807) is 0 Å². The zero-order valence-electron chi connectivity index (χ0n) is 9.16. The van der Waals surface area contributed by atoms with Gasteiger partial charge in [-0.3, -0.25) is 4.79 Å². The standard InChI is InChI=1S/C14H13NO/c1-9-8-12-11-5-3-2-4-10(11)6-7-13(12)15-14(9)16/h2-7,9H,8H2,1H3,(H,15,16)/t9-/m1/s1. The van der Waals surface area contributed by atoms with Gasteiger partial charge < -0.3 is 5.32 Å². The summed E-state index contributed by atoms with van der Waals surface area (Å²) in [6, 6.07) is 12.4. The monoisotopic (exact) mass is 211 g/mol. The average Bonchev–Trinajstić information content (AvgIpc) is 2.31. The van der Waals surface area contributed by atoms with Crippen molar-refractivity contribution in [3.05, 3.63) is 42.0 Å². The maximum Gasteiger partial charge on any atom is 0.227 e. The fraction of sp³-hybridized carbons (Fsp3) is 0.214. The second-order valence-electron chi connectivity index (χ2n) is 4.41. The van der Waals surface area contributed by atoms with E-state index in [4.69, 9.17) is 0 Å². The minimum atomic E-state index is 0.0679. The Morgan fingerprint density at radius 1 is 1.19 bits per heavy atom. The topological polar surface area (TPSA) is 29.1 Å². The van der Waals surface area contributed by atoms with Crippen molar-refractivity contribution in [3.63, 3.8) is 0 Å². The smallest absolute Gasteiger partial charge is 0.227 e. The summed E-state index contributed by atoms with van der Waals surface area (Å²) in [6.07, 6.45) is 0.836. The van der Waals surface area contributed by atoms with Crippen LogP contribution in [-0.2, 0) is 11.2 Å². The predicted octanol–water partition coefficient (Wildman–Crippen LogP) is 2.97. The van der Waals surface area contributed by atoms with E-state index < -0.39 is 0 Å². The van der Waals surface area contributed by atoms with Gasteiger partial charge in [0.2, 0.25) is 5.91 Å². The number of anilines is 1. The van der Waals surface area contributed by atoms with E-state index in [0.29, 0.717) is 0 Å². The molecule has 2 heteroatoms. The van der Waals surface area contributed by atoms with E-state index in [1.807, 2.05) is 25.1 Å². The third-order valence-electron chi connectivity index (χ3n) is 3.26. The molecule has 0 radical (unpaired) electrons. The van der Waals surface area contributed by atoms with Crippen molar-refractivity contribution in [2.75, 3.05) is 5.32 Å². The van der Waals surface area contributed by atoms with Crippen molar-refractivity contribution in [1.82, 2.24) is 0 Å². The molecule has 2 aromatic rings. The van der Waals surface area contributed by atoms with Gasteiger partial charge >= 0.3 is 0 Å². The van der Waals surface area contributed by atoms with Crippen LogP contribution in [0.2, 0.25) is 0 Å². The first-order chi connectivity index (χ1) is 7.75. The highest BCUT2D eigenvalue weighted by atomic mass is 16.1. The fourth-order valence-electron chi connectivity index (χ4n) is 2.33. The first kappa shape index (κ1) is 9.40. The summed E-state index contributed by atoms with van der Waals surface area (Å²) >= 11 is 0. The molecule has 80 valence electrons. The Balaban J connectivity index is 2.27. The van der Waals surface area contributed by atoms with Crippen LogP contribution in [0.25, 0.3) is 10.8 Å². The molecular formula is C14H13NO. The van der Waals surface area contributed by atoms with Gasteiger partial charge in [0.15, 0.2) is 0 Å². The zero-order chi connectivity index (χ0) is 11.1. The Kier molecular flexibility index (Phi) is 1.96. The number of hydrogen-bond acceptors (Lipinski definition) is 1. The fourth-order valence-corrected chi connectivity index (χ4v) is 2.33. The number of amides is 1. The van der Waals surface area contributed by atoms with E-state index in [0.717, 1.165) is 12.1 Å². The summed E-state index contributed by atoms with van der Waals surface area (Å²) in [5.74, 6) is 0.195. The number of hydrogen-bond donors (Lipinski definition) is 1. The quantitative estimate of drug-likeness (QED) is 0.713. The van der Waals surface area contributed by atoms with Gasteiger partial charge in [-0.05, 0) is 28.8 Å². The lowest BCUT2D eigenvalue weighted by molar-refractivity contribution is -0.119. The second kappa shape index (κ2) is 3.34. The molecule has 1 amide bonds. The van der Waals surface area contributed by atoms with Crippen LogP contribution in [0, 0.1) is 5.92 Å². The molecule has 1 aliphatic rings. The molecule has 0 spiro atoms. The molecule has 1 aliphatic heterocycles. The van der Waals surface area contributed by atoms with Gasteiger partial charge in [0.25, 0.3) is 0 Å². The van der Waals surface area contributed by atoms with Crippen LogP contribution in [0.15, 0.2) is 36.4 Å². The van der Waals surface area contributed by atoms with Gasteiger partial charge in [0.1, 0.15) is 0 Å². The van der Waals surface area contributed by atoms with Crippen LogP contribution < -0.4 is 5.32 Å². The van der Waals surface area contributed by atoms with Gasteiger partial charge in [0.05, 0.1) is 0 Å². The molecule has 0 saturated carbocycles. The van der Waals surface area contributed by atoms with E-state index in [1.165, 1.54) is 16.3 Å². The number of carbonyl (C=O) groups is 1. The minimum Gasteiger partial charge on any atom is -0.326 e. The molecule has 1 heterocycles. The van der Waals surface area contributed by atoms with Crippen LogP contribution in [-0.4, -0.2) is 5.91 Å². The van der Waals surface area contributed by atoms with Crippen molar-refractivity contribution >= 4 is 22.4 Å². The summed E-state index contributed by atoms with van der Waals surface area (Å²) in [7, 11) is 0. The molecule has 0 unspecified atom stereocenters. The lowest BCUT2D eigenvalue weighted by atomic mass is 9.90. The Morgan fingerprint density at radius 3 is 2.88 bits per heavy atom. The molecule has 16 heavy (non-hydrogen) atoms. The van der Waals surface area contributed by atoms with Gasteiger partial charge in [-0.1, -0.05) is 37.3 Å². The van der Waals surface area contributed by atoms with Crippen LogP contribution in [0.1, 0.15) is 12.5 Å². The molecule has 0 aromatic heterocycles. The average molecular weight is 211 g/mol.